The van der Waals surface area contributed by atoms with Crippen molar-refractivity contribution in [1.29, 1.82) is 0 Å². The lowest BCUT2D eigenvalue weighted by molar-refractivity contribution is -0.139. The van der Waals surface area contributed by atoms with Crippen LogP contribution in [0.15, 0.2) is 64.8 Å². The minimum atomic E-state index is -0.566. The Balaban J connectivity index is 1.54. The maximum atomic E-state index is 12.9. The van der Waals surface area contributed by atoms with E-state index >= 15 is 0 Å². The van der Waals surface area contributed by atoms with Crippen LogP contribution in [0.25, 0.3) is 11.0 Å². The number of carbonyl (C=O) groups excluding carboxylic acids is 2. The van der Waals surface area contributed by atoms with Crippen LogP contribution in [0, 0.1) is 0 Å². The summed E-state index contributed by atoms with van der Waals surface area (Å²) in [7, 11) is 0. The Hall–Kier alpha value is -3.39. The Labute approximate surface area is 189 Å². The van der Waals surface area contributed by atoms with E-state index in [-0.39, 0.29) is 23.8 Å². The van der Waals surface area contributed by atoms with Crippen LogP contribution in [0.3, 0.4) is 0 Å². The number of benzene rings is 1. The predicted molar refractivity (Wildman–Crippen MR) is 121 cm³/mol. The highest BCUT2D eigenvalue weighted by Gasteiger charge is 2.41. The highest BCUT2D eigenvalue weighted by atomic mass is 32.1. The van der Waals surface area contributed by atoms with E-state index in [1.54, 1.807) is 6.92 Å². The monoisotopic (exact) mass is 449 g/mol. The highest BCUT2D eigenvalue weighted by Crippen LogP contribution is 2.45. The van der Waals surface area contributed by atoms with Crippen molar-refractivity contribution in [1.82, 2.24) is 9.55 Å². The van der Waals surface area contributed by atoms with Crippen LogP contribution in [0.5, 0.6) is 0 Å². The van der Waals surface area contributed by atoms with E-state index in [1.807, 2.05) is 42.0 Å². The molecule has 7 nitrogen and oxygen atoms in total. The van der Waals surface area contributed by atoms with Gasteiger partial charge in [0.1, 0.15) is 11.3 Å². The Bertz CT molecular complexity index is 1280. The number of aromatic nitrogens is 2. The first-order valence-electron chi connectivity index (χ1n) is 10.6. The van der Waals surface area contributed by atoms with E-state index in [4.69, 9.17) is 15.2 Å². The zero-order chi connectivity index (χ0) is 22.2. The molecule has 164 valence electrons. The van der Waals surface area contributed by atoms with Crippen molar-refractivity contribution in [3.8, 4) is 0 Å². The fraction of sp³-hybridized carbons (Fsp3) is 0.292. The Kier molecular flexibility index (Phi) is 5.30. The van der Waals surface area contributed by atoms with Crippen molar-refractivity contribution in [2.75, 3.05) is 6.61 Å². The summed E-state index contributed by atoms with van der Waals surface area (Å²) in [4.78, 5) is 31.0. The SMILES string of the molecule is CCOC(=O)C1=C(N)OC2=C(C(=O)CCC2)C1c1cc(Cn2cnc3ccccc32)cs1. The number of ether oxygens (including phenoxy) is 2. The van der Waals surface area contributed by atoms with Gasteiger partial charge in [0.2, 0.25) is 5.88 Å². The van der Waals surface area contributed by atoms with Crippen LogP contribution < -0.4 is 5.73 Å². The number of hydrogen-bond acceptors (Lipinski definition) is 7. The molecule has 3 heterocycles. The number of thiophene rings is 1. The van der Waals surface area contributed by atoms with Crippen molar-refractivity contribution >= 4 is 34.1 Å². The summed E-state index contributed by atoms with van der Waals surface area (Å²) < 4.78 is 13.1. The summed E-state index contributed by atoms with van der Waals surface area (Å²) in [6.07, 6.45) is 3.61. The van der Waals surface area contributed by atoms with Crippen LogP contribution in [-0.2, 0) is 25.6 Å². The molecule has 0 bridgehead atoms. The molecule has 0 radical (unpaired) electrons. The number of ketones is 1. The standard InChI is InChI=1S/C24H23N3O4S/c1-2-30-24(29)22-21(20-17(28)8-5-9-18(20)31-23(22)25)19-10-14(12-32-19)11-27-13-26-15-6-3-4-7-16(15)27/h3-4,6-7,10,12-13,21H,2,5,8-9,11,25H2,1H3. The van der Waals surface area contributed by atoms with Crippen molar-refractivity contribution in [3.05, 3.63) is 75.3 Å². The number of allylic oxidation sites excluding steroid dienone is 2. The van der Waals surface area contributed by atoms with Crippen LogP contribution >= 0.6 is 11.3 Å². The molecular weight excluding hydrogens is 426 g/mol. The molecule has 2 N–H and O–H groups in total. The van der Waals surface area contributed by atoms with Crippen LogP contribution in [0.1, 0.15) is 42.5 Å². The number of carbonyl (C=O) groups is 2. The Morgan fingerprint density at radius 1 is 1.34 bits per heavy atom. The molecular formula is C24H23N3O4S. The average molecular weight is 450 g/mol. The largest absolute Gasteiger partial charge is 0.462 e. The fourth-order valence-corrected chi connectivity index (χ4v) is 5.43. The van der Waals surface area contributed by atoms with Crippen LogP contribution in [-0.4, -0.2) is 27.9 Å². The molecule has 2 aliphatic rings. The second kappa shape index (κ2) is 8.27. The zero-order valence-electron chi connectivity index (χ0n) is 17.7. The summed E-state index contributed by atoms with van der Waals surface area (Å²) in [6.45, 7) is 2.59. The van der Waals surface area contributed by atoms with E-state index in [9.17, 15) is 9.59 Å². The molecule has 0 saturated carbocycles. The predicted octanol–water partition coefficient (Wildman–Crippen LogP) is 4.00. The number of para-hydroxylation sites is 2. The molecule has 2 aromatic heterocycles. The molecule has 1 atom stereocenters. The number of hydrogen-bond donors (Lipinski definition) is 1. The van der Waals surface area contributed by atoms with Crippen molar-refractivity contribution in [2.24, 2.45) is 5.73 Å². The lowest BCUT2D eigenvalue weighted by atomic mass is 9.80. The maximum Gasteiger partial charge on any atom is 0.340 e. The van der Waals surface area contributed by atoms with Crippen molar-refractivity contribution < 1.29 is 19.1 Å². The molecule has 1 unspecified atom stereocenters. The van der Waals surface area contributed by atoms with Gasteiger partial charge in [0.15, 0.2) is 5.78 Å². The van der Waals surface area contributed by atoms with Gasteiger partial charge in [-0.2, -0.15) is 0 Å². The number of imidazole rings is 1. The van der Waals surface area contributed by atoms with Gasteiger partial charge >= 0.3 is 5.97 Å². The molecule has 5 rings (SSSR count). The number of fused-ring (bicyclic) bond motifs is 1. The number of nitrogens with two attached hydrogens (primary N) is 1. The Morgan fingerprint density at radius 3 is 3.03 bits per heavy atom. The fourth-order valence-electron chi connectivity index (χ4n) is 4.41. The van der Waals surface area contributed by atoms with Gasteiger partial charge in [0, 0.05) is 29.8 Å². The summed E-state index contributed by atoms with van der Waals surface area (Å²) in [5.74, 6) is -0.509. The minimum absolute atomic E-state index is 0.00102. The van der Waals surface area contributed by atoms with E-state index in [0.717, 1.165) is 27.9 Å². The van der Waals surface area contributed by atoms with Gasteiger partial charge in [-0.15, -0.1) is 11.3 Å². The molecule has 1 aliphatic carbocycles. The zero-order valence-corrected chi connectivity index (χ0v) is 18.5. The second-order valence-corrected chi connectivity index (χ2v) is 8.81. The van der Waals surface area contributed by atoms with Gasteiger partial charge in [0.25, 0.3) is 0 Å². The lowest BCUT2D eigenvalue weighted by Crippen LogP contribution is -2.31. The first-order valence-corrected chi connectivity index (χ1v) is 11.5. The molecule has 0 spiro atoms. The normalized spacial score (nSPS) is 18.7. The van der Waals surface area contributed by atoms with Gasteiger partial charge in [-0.05, 0) is 42.5 Å². The summed E-state index contributed by atoms with van der Waals surface area (Å²) in [5, 5.41) is 2.05. The molecule has 3 aromatic rings. The van der Waals surface area contributed by atoms with E-state index in [0.29, 0.717) is 30.7 Å². The van der Waals surface area contributed by atoms with Crippen molar-refractivity contribution in [2.45, 2.75) is 38.6 Å². The topological polar surface area (TPSA) is 96.4 Å². The molecule has 0 saturated heterocycles. The summed E-state index contributed by atoms with van der Waals surface area (Å²) in [5.41, 5.74) is 9.97. The van der Waals surface area contributed by atoms with Gasteiger partial charge in [-0.3, -0.25) is 4.79 Å². The Morgan fingerprint density at radius 2 is 2.19 bits per heavy atom. The van der Waals surface area contributed by atoms with Crippen LogP contribution in [0.2, 0.25) is 0 Å². The smallest absolute Gasteiger partial charge is 0.340 e. The first kappa shape index (κ1) is 20.5. The minimum Gasteiger partial charge on any atom is -0.462 e. The third kappa shape index (κ3) is 3.50. The van der Waals surface area contributed by atoms with Gasteiger partial charge in [-0.25, -0.2) is 9.78 Å². The quantitative estimate of drug-likeness (QED) is 0.592. The number of Topliss-reactive ketones (excluding diaryl/α,β-unsaturated/α-hetero) is 1. The highest BCUT2D eigenvalue weighted by molar-refractivity contribution is 7.10. The van der Waals surface area contributed by atoms with Crippen LogP contribution in [0.4, 0.5) is 0 Å². The lowest BCUT2D eigenvalue weighted by Gasteiger charge is -2.31. The molecule has 1 aromatic carbocycles. The third-order valence-electron chi connectivity index (χ3n) is 5.82. The molecule has 32 heavy (non-hydrogen) atoms. The number of rotatable bonds is 5. The number of esters is 1. The van der Waals surface area contributed by atoms with E-state index in [2.05, 4.69) is 9.55 Å². The second-order valence-electron chi connectivity index (χ2n) is 7.87. The molecule has 0 fully saturated rings. The van der Waals surface area contributed by atoms with E-state index < -0.39 is 11.9 Å². The van der Waals surface area contributed by atoms with Crippen molar-refractivity contribution in [3.63, 3.8) is 0 Å². The third-order valence-corrected chi connectivity index (χ3v) is 6.86. The molecule has 1 aliphatic heterocycles. The van der Waals surface area contributed by atoms with Gasteiger partial charge < -0.3 is 19.8 Å². The number of nitrogens with zero attached hydrogens (tertiary/aromatic N) is 2. The van der Waals surface area contributed by atoms with Gasteiger partial charge in [-0.1, -0.05) is 12.1 Å². The maximum absolute atomic E-state index is 12.9. The molecule has 0 amide bonds. The summed E-state index contributed by atoms with van der Waals surface area (Å²) >= 11 is 1.51. The summed E-state index contributed by atoms with van der Waals surface area (Å²) in [6, 6.07) is 10.0. The molecule has 8 heteroatoms. The van der Waals surface area contributed by atoms with E-state index in [1.165, 1.54) is 11.3 Å². The van der Waals surface area contributed by atoms with Gasteiger partial charge in [0.05, 0.1) is 29.9 Å². The first-order chi connectivity index (χ1) is 15.6. The average Bonchev–Trinajstić information content (AvgIpc) is 3.41.